The smallest absolute Gasteiger partial charge is 0.257 e. The molecule has 0 amide bonds. The normalized spacial score (nSPS) is 10.6. The second kappa shape index (κ2) is 5.03. The molecule has 0 spiro atoms. The molecule has 20 heavy (non-hydrogen) atoms. The van der Waals surface area contributed by atoms with Crippen LogP contribution >= 0.6 is 24.0 Å². The van der Waals surface area contributed by atoms with E-state index in [1.165, 1.54) is 16.3 Å². The molecule has 1 aromatic carbocycles. The number of fused-ring (bicyclic) bond motifs is 1. The molecule has 8 heteroatoms. The third-order valence-electron chi connectivity index (χ3n) is 2.59. The number of hydrogen-bond acceptors (Lipinski definition) is 6. The van der Waals surface area contributed by atoms with E-state index in [4.69, 9.17) is 17.5 Å². The molecule has 0 aliphatic carbocycles. The molecule has 0 bridgehead atoms. The Morgan fingerprint density at radius 2 is 2.05 bits per heavy atom. The number of rotatable bonds is 2. The van der Waals surface area contributed by atoms with Gasteiger partial charge >= 0.3 is 0 Å². The van der Waals surface area contributed by atoms with Crippen molar-refractivity contribution in [2.75, 3.05) is 0 Å². The van der Waals surface area contributed by atoms with E-state index in [0.29, 0.717) is 21.3 Å². The molecule has 98 valence electrons. The van der Waals surface area contributed by atoms with Crippen molar-refractivity contribution in [3.8, 4) is 6.07 Å². The lowest BCUT2D eigenvalue weighted by molar-refractivity contribution is 0.736. The lowest BCUT2D eigenvalue weighted by Gasteiger charge is -1.96. The minimum absolute atomic E-state index is 0.476. The van der Waals surface area contributed by atoms with Crippen molar-refractivity contribution in [3.63, 3.8) is 0 Å². The Morgan fingerprint density at radius 3 is 2.75 bits per heavy atom. The Labute approximate surface area is 123 Å². The monoisotopic (exact) mass is 300 g/mol. The number of nitrogens with zero attached hydrogens (tertiary/aromatic N) is 6. The molecule has 0 atom stereocenters. The molecule has 0 aliphatic rings. The van der Waals surface area contributed by atoms with Crippen molar-refractivity contribution in [2.24, 2.45) is 7.05 Å². The number of nitriles is 1. The van der Waals surface area contributed by atoms with Gasteiger partial charge in [0.05, 0.1) is 11.6 Å². The second-order valence-electron chi connectivity index (χ2n) is 3.98. The first-order valence-electron chi connectivity index (χ1n) is 5.64. The highest BCUT2D eigenvalue weighted by Gasteiger charge is 2.08. The molecular weight excluding hydrogens is 292 g/mol. The Bertz CT molecular complexity index is 872. The lowest BCUT2D eigenvalue weighted by Crippen LogP contribution is -2.02. The summed E-state index contributed by atoms with van der Waals surface area (Å²) < 4.78 is 3.77. The average molecular weight is 300 g/mol. The van der Waals surface area contributed by atoms with Crippen molar-refractivity contribution in [1.82, 2.24) is 24.1 Å². The predicted octanol–water partition coefficient (Wildman–Crippen LogP) is 2.22. The van der Waals surface area contributed by atoms with Crippen molar-refractivity contribution in [2.45, 2.75) is 10.1 Å². The van der Waals surface area contributed by atoms with Gasteiger partial charge in [-0.2, -0.15) is 14.8 Å². The first kappa shape index (κ1) is 12.8. The van der Waals surface area contributed by atoms with Crippen LogP contribution in [0.1, 0.15) is 5.56 Å². The van der Waals surface area contributed by atoms with E-state index in [0.717, 1.165) is 4.90 Å². The molecule has 6 nitrogen and oxygen atoms in total. The Kier molecular flexibility index (Phi) is 3.22. The highest BCUT2D eigenvalue weighted by molar-refractivity contribution is 7.99. The van der Waals surface area contributed by atoms with Gasteiger partial charge in [0.2, 0.25) is 9.93 Å². The molecule has 0 radical (unpaired) electrons. The number of benzene rings is 1. The third-order valence-corrected chi connectivity index (χ3v) is 3.92. The zero-order valence-electron chi connectivity index (χ0n) is 10.4. The molecular formula is C12H8N6S2. The van der Waals surface area contributed by atoms with E-state index in [1.54, 1.807) is 23.0 Å². The van der Waals surface area contributed by atoms with Gasteiger partial charge in [-0.05, 0) is 48.2 Å². The van der Waals surface area contributed by atoms with Crippen LogP contribution in [0.2, 0.25) is 0 Å². The maximum atomic E-state index is 8.76. The van der Waals surface area contributed by atoms with Crippen molar-refractivity contribution < 1.29 is 0 Å². The van der Waals surface area contributed by atoms with Crippen molar-refractivity contribution in [3.05, 3.63) is 40.9 Å². The van der Waals surface area contributed by atoms with Crippen LogP contribution in [0.3, 0.4) is 0 Å². The first-order chi connectivity index (χ1) is 9.67. The highest BCUT2D eigenvalue weighted by Crippen LogP contribution is 2.24. The summed E-state index contributed by atoms with van der Waals surface area (Å²) in [5.41, 5.74) is 0.624. The quantitative estimate of drug-likeness (QED) is 0.676. The summed E-state index contributed by atoms with van der Waals surface area (Å²) in [6, 6.07) is 9.32. The summed E-state index contributed by atoms with van der Waals surface area (Å²) in [6.45, 7) is 0. The van der Waals surface area contributed by atoms with Crippen molar-refractivity contribution in [1.29, 1.82) is 5.26 Å². The van der Waals surface area contributed by atoms with Crippen LogP contribution in [0.15, 0.2) is 40.6 Å². The van der Waals surface area contributed by atoms with E-state index in [9.17, 15) is 0 Å². The van der Waals surface area contributed by atoms with E-state index in [2.05, 4.69) is 21.1 Å². The first-order valence-corrected chi connectivity index (χ1v) is 6.86. The third kappa shape index (κ3) is 2.29. The van der Waals surface area contributed by atoms with Gasteiger partial charge < -0.3 is 4.57 Å². The second-order valence-corrected chi connectivity index (χ2v) is 5.39. The summed E-state index contributed by atoms with van der Waals surface area (Å²) in [7, 11) is 1.81. The molecule has 0 saturated heterocycles. The Balaban J connectivity index is 1.97. The van der Waals surface area contributed by atoms with E-state index >= 15 is 0 Å². The van der Waals surface area contributed by atoms with E-state index in [1.807, 2.05) is 19.2 Å². The van der Waals surface area contributed by atoms with E-state index < -0.39 is 0 Å². The van der Waals surface area contributed by atoms with Crippen LogP contribution in [0, 0.1) is 16.1 Å². The summed E-state index contributed by atoms with van der Waals surface area (Å²) in [5.74, 6) is 0.476. The standard InChI is InChI=1S/C12H8N6S2/c1-17-7-14-10-15-11(16-18(10)12(17)19)20-9-4-2-8(6-13)3-5-9/h2-5,7H,1H3. The van der Waals surface area contributed by atoms with Crippen LogP contribution in [0.25, 0.3) is 5.78 Å². The minimum atomic E-state index is 0.476. The summed E-state index contributed by atoms with van der Waals surface area (Å²) in [4.78, 5) is 9.43. The highest BCUT2D eigenvalue weighted by atomic mass is 32.2. The van der Waals surface area contributed by atoms with Crippen LogP contribution in [0.5, 0.6) is 0 Å². The number of hydrogen-bond donors (Lipinski definition) is 0. The zero-order chi connectivity index (χ0) is 14.1. The van der Waals surface area contributed by atoms with Crippen LogP contribution in [0.4, 0.5) is 0 Å². The summed E-state index contributed by atoms with van der Waals surface area (Å²) in [5, 5.41) is 13.7. The van der Waals surface area contributed by atoms with Crippen molar-refractivity contribution >= 4 is 29.8 Å². The van der Waals surface area contributed by atoms with Gasteiger partial charge in [-0.3, -0.25) is 0 Å². The van der Waals surface area contributed by atoms with Gasteiger partial charge in [0.15, 0.2) is 0 Å². The molecule has 2 aromatic heterocycles. The van der Waals surface area contributed by atoms with Gasteiger partial charge in [0.1, 0.15) is 6.33 Å². The van der Waals surface area contributed by atoms with Gasteiger partial charge in [0.25, 0.3) is 5.78 Å². The largest absolute Gasteiger partial charge is 0.311 e. The molecule has 0 unspecified atom stereocenters. The maximum Gasteiger partial charge on any atom is 0.257 e. The van der Waals surface area contributed by atoms with Crippen LogP contribution < -0.4 is 0 Å². The molecule has 0 saturated carbocycles. The molecule has 3 rings (SSSR count). The minimum Gasteiger partial charge on any atom is -0.311 e. The SMILES string of the molecule is Cn1cnc2nc(Sc3ccc(C#N)cc3)nn2c1=S. The van der Waals surface area contributed by atoms with Gasteiger partial charge in [-0.1, -0.05) is 0 Å². The fourth-order valence-electron chi connectivity index (χ4n) is 1.58. The lowest BCUT2D eigenvalue weighted by atomic mass is 10.2. The van der Waals surface area contributed by atoms with E-state index in [-0.39, 0.29) is 0 Å². The Hall–Kier alpha value is -2.24. The fraction of sp³-hybridized carbons (Fsp3) is 0.0833. The van der Waals surface area contributed by atoms with Gasteiger partial charge in [-0.15, -0.1) is 5.10 Å². The molecule has 0 fully saturated rings. The summed E-state index contributed by atoms with van der Waals surface area (Å²) >= 11 is 6.64. The zero-order valence-corrected chi connectivity index (χ0v) is 12.0. The average Bonchev–Trinajstić information content (AvgIpc) is 2.87. The molecule has 3 aromatic rings. The Morgan fingerprint density at radius 1 is 1.30 bits per heavy atom. The predicted molar refractivity (Wildman–Crippen MR) is 75.9 cm³/mol. The number of aromatic nitrogens is 5. The van der Waals surface area contributed by atoms with Gasteiger partial charge in [0, 0.05) is 11.9 Å². The summed E-state index contributed by atoms with van der Waals surface area (Å²) in [6.07, 6.45) is 1.61. The molecule has 2 heterocycles. The van der Waals surface area contributed by atoms with Gasteiger partial charge in [-0.25, -0.2) is 4.98 Å². The molecule has 0 N–H and O–H groups in total. The number of aryl methyl sites for hydroxylation is 1. The molecule has 0 aliphatic heterocycles. The maximum absolute atomic E-state index is 8.76. The van der Waals surface area contributed by atoms with Crippen LogP contribution in [-0.4, -0.2) is 24.1 Å². The van der Waals surface area contributed by atoms with Crippen LogP contribution in [-0.2, 0) is 7.05 Å². The fourth-order valence-corrected chi connectivity index (χ4v) is 2.48. The topological polar surface area (TPSA) is 71.8 Å².